The molecule has 0 radical (unpaired) electrons. The molecule has 3 rings (SSSR count). The molecule has 0 saturated carbocycles. The Morgan fingerprint density at radius 1 is 1.10 bits per heavy atom. The molecule has 1 aliphatic rings. The molecule has 0 N–H and O–H groups in total. The van der Waals surface area contributed by atoms with Crippen LogP contribution < -0.4 is 14.4 Å². The number of ether oxygens (including phenoxy) is 2. The van der Waals surface area contributed by atoms with Gasteiger partial charge in [0.05, 0.1) is 13.7 Å². The van der Waals surface area contributed by atoms with Gasteiger partial charge in [-0.1, -0.05) is 31.4 Å². The maximum Gasteiger partial charge on any atom is 0.324 e. The molecule has 2 aromatic rings. The number of carbonyl (C=O) groups is 1. The first-order chi connectivity index (χ1) is 14.0. The van der Waals surface area contributed by atoms with Crippen molar-refractivity contribution in [3.05, 3.63) is 52.8 Å². The number of anilines is 1. The maximum absolute atomic E-state index is 13.5. The molecule has 7 heteroatoms. The second kappa shape index (κ2) is 9.83. The van der Waals surface area contributed by atoms with Gasteiger partial charge in [0.1, 0.15) is 5.82 Å². The summed E-state index contributed by atoms with van der Waals surface area (Å²) >= 11 is 6.15. The van der Waals surface area contributed by atoms with Crippen molar-refractivity contribution in [1.82, 2.24) is 4.90 Å². The van der Waals surface area contributed by atoms with Crippen LogP contribution in [0.5, 0.6) is 11.5 Å². The SMILES string of the molecule is CCCCCOc1cc(N2CCN(Cc3cc(F)ccc3Cl)C2=O)ccc1OC. The number of benzene rings is 2. The highest BCUT2D eigenvalue weighted by Gasteiger charge is 2.30. The zero-order valence-electron chi connectivity index (χ0n) is 16.8. The van der Waals surface area contributed by atoms with Crippen LogP contribution in [0.1, 0.15) is 31.7 Å². The Morgan fingerprint density at radius 2 is 1.93 bits per heavy atom. The number of methoxy groups -OCH3 is 1. The summed E-state index contributed by atoms with van der Waals surface area (Å²) in [7, 11) is 1.60. The Bertz CT molecular complexity index is 862. The predicted octanol–water partition coefficient (Wildman–Crippen LogP) is 5.50. The van der Waals surface area contributed by atoms with Gasteiger partial charge >= 0.3 is 6.03 Å². The van der Waals surface area contributed by atoms with E-state index in [0.29, 0.717) is 41.8 Å². The molecule has 0 spiro atoms. The average Bonchev–Trinajstić information content (AvgIpc) is 3.08. The fraction of sp³-hybridized carbons (Fsp3) is 0.409. The number of carbonyl (C=O) groups excluding carboxylic acids is 1. The van der Waals surface area contributed by atoms with E-state index in [2.05, 4.69) is 6.92 Å². The number of unbranched alkanes of at least 4 members (excludes halogenated alkanes) is 2. The lowest BCUT2D eigenvalue weighted by Crippen LogP contribution is -2.31. The lowest BCUT2D eigenvalue weighted by molar-refractivity contribution is 0.218. The number of hydrogen-bond donors (Lipinski definition) is 0. The smallest absolute Gasteiger partial charge is 0.324 e. The lowest BCUT2D eigenvalue weighted by Gasteiger charge is -2.20. The van der Waals surface area contributed by atoms with Gasteiger partial charge in [-0.2, -0.15) is 0 Å². The summed E-state index contributed by atoms with van der Waals surface area (Å²) in [6.07, 6.45) is 3.19. The van der Waals surface area contributed by atoms with Crippen molar-refractivity contribution in [2.45, 2.75) is 32.7 Å². The standard InChI is InChI=1S/C22H26ClFN2O3/c1-3-4-5-12-29-21-14-18(7-9-20(21)28-2)26-11-10-25(22(26)27)15-16-13-17(24)6-8-19(16)23/h6-9,13-14H,3-5,10-12,15H2,1-2H3. The molecule has 0 unspecified atom stereocenters. The zero-order valence-corrected chi connectivity index (χ0v) is 17.5. The largest absolute Gasteiger partial charge is 0.493 e. The molecule has 0 atom stereocenters. The van der Waals surface area contributed by atoms with Crippen molar-refractivity contribution in [2.24, 2.45) is 0 Å². The Balaban J connectivity index is 1.72. The zero-order chi connectivity index (χ0) is 20.8. The van der Waals surface area contributed by atoms with Crippen LogP contribution in [-0.4, -0.2) is 37.7 Å². The Hall–Kier alpha value is -2.47. The van der Waals surface area contributed by atoms with E-state index < -0.39 is 0 Å². The molecule has 0 aliphatic carbocycles. The van der Waals surface area contributed by atoms with Gasteiger partial charge in [0, 0.05) is 36.4 Å². The van der Waals surface area contributed by atoms with Crippen molar-refractivity contribution >= 4 is 23.3 Å². The Morgan fingerprint density at radius 3 is 2.69 bits per heavy atom. The molecule has 156 valence electrons. The van der Waals surface area contributed by atoms with Gasteiger partial charge in [0.15, 0.2) is 11.5 Å². The molecule has 1 aliphatic heterocycles. The maximum atomic E-state index is 13.5. The third-order valence-electron chi connectivity index (χ3n) is 4.93. The van der Waals surface area contributed by atoms with E-state index >= 15 is 0 Å². The molecule has 1 fully saturated rings. The third kappa shape index (κ3) is 5.12. The first-order valence-corrected chi connectivity index (χ1v) is 10.2. The van der Waals surface area contributed by atoms with Gasteiger partial charge < -0.3 is 14.4 Å². The van der Waals surface area contributed by atoms with E-state index in [1.54, 1.807) is 16.9 Å². The molecule has 0 aromatic heterocycles. The van der Waals surface area contributed by atoms with Crippen molar-refractivity contribution < 1.29 is 18.7 Å². The number of nitrogens with zero attached hydrogens (tertiary/aromatic N) is 2. The number of urea groups is 1. The highest BCUT2D eigenvalue weighted by Crippen LogP contribution is 2.34. The summed E-state index contributed by atoms with van der Waals surface area (Å²) in [4.78, 5) is 16.3. The van der Waals surface area contributed by atoms with E-state index in [1.807, 2.05) is 18.2 Å². The van der Waals surface area contributed by atoms with E-state index in [9.17, 15) is 9.18 Å². The van der Waals surface area contributed by atoms with Gasteiger partial charge in [-0.05, 0) is 42.3 Å². The van der Waals surface area contributed by atoms with Crippen molar-refractivity contribution in [3.8, 4) is 11.5 Å². The molecule has 2 amide bonds. The van der Waals surface area contributed by atoms with E-state index in [4.69, 9.17) is 21.1 Å². The fourth-order valence-corrected chi connectivity index (χ4v) is 3.50. The lowest BCUT2D eigenvalue weighted by atomic mass is 10.2. The summed E-state index contributed by atoms with van der Waals surface area (Å²) in [5.41, 5.74) is 1.34. The van der Waals surface area contributed by atoms with Crippen LogP contribution >= 0.6 is 11.6 Å². The number of hydrogen-bond acceptors (Lipinski definition) is 3. The van der Waals surface area contributed by atoms with Gasteiger partial charge in [0.25, 0.3) is 0 Å². The quantitative estimate of drug-likeness (QED) is 0.503. The number of halogens is 2. The van der Waals surface area contributed by atoms with Crippen molar-refractivity contribution in [3.63, 3.8) is 0 Å². The first-order valence-electron chi connectivity index (χ1n) is 9.84. The van der Waals surface area contributed by atoms with Crippen molar-refractivity contribution in [1.29, 1.82) is 0 Å². The topological polar surface area (TPSA) is 42.0 Å². The summed E-state index contributed by atoms with van der Waals surface area (Å²) in [6, 6.07) is 9.53. The van der Waals surface area contributed by atoms with Crippen LogP contribution in [0.25, 0.3) is 0 Å². The van der Waals surface area contributed by atoms with Gasteiger partial charge in [-0.3, -0.25) is 4.90 Å². The highest BCUT2D eigenvalue weighted by atomic mass is 35.5. The molecule has 2 aromatic carbocycles. The monoisotopic (exact) mass is 420 g/mol. The molecule has 29 heavy (non-hydrogen) atoms. The third-order valence-corrected chi connectivity index (χ3v) is 5.30. The minimum atomic E-state index is -0.368. The molecule has 5 nitrogen and oxygen atoms in total. The Kier molecular flexibility index (Phi) is 7.20. The minimum absolute atomic E-state index is 0.146. The van der Waals surface area contributed by atoms with Crippen LogP contribution in [-0.2, 0) is 6.54 Å². The highest BCUT2D eigenvalue weighted by molar-refractivity contribution is 6.31. The number of amides is 2. The summed E-state index contributed by atoms with van der Waals surface area (Å²) in [5, 5.41) is 0.449. The van der Waals surface area contributed by atoms with Crippen LogP contribution in [0.4, 0.5) is 14.9 Å². The normalized spacial score (nSPS) is 13.9. The number of rotatable bonds is 9. The average molecular weight is 421 g/mol. The minimum Gasteiger partial charge on any atom is -0.493 e. The van der Waals surface area contributed by atoms with E-state index in [0.717, 1.165) is 24.9 Å². The molecule has 1 heterocycles. The Labute approximate surface area is 176 Å². The second-order valence-electron chi connectivity index (χ2n) is 6.98. The summed E-state index contributed by atoms with van der Waals surface area (Å²) < 4.78 is 24.8. The molecule has 1 saturated heterocycles. The molecule has 0 bridgehead atoms. The van der Waals surface area contributed by atoms with E-state index in [-0.39, 0.29) is 18.4 Å². The molecular weight excluding hydrogens is 395 g/mol. The molecular formula is C22H26ClFN2O3. The summed E-state index contributed by atoms with van der Waals surface area (Å²) in [6.45, 7) is 4.08. The first kappa shape index (κ1) is 21.2. The predicted molar refractivity (Wildman–Crippen MR) is 113 cm³/mol. The second-order valence-corrected chi connectivity index (χ2v) is 7.39. The van der Waals surface area contributed by atoms with Crippen molar-refractivity contribution in [2.75, 3.05) is 31.7 Å². The van der Waals surface area contributed by atoms with Crippen LogP contribution in [0.3, 0.4) is 0 Å². The van der Waals surface area contributed by atoms with Crippen LogP contribution in [0.15, 0.2) is 36.4 Å². The van der Waals surface area contributed by atoms with Gasteiger partial charge in [0.2, 0.25) is 0 Å². The van der Waals surface area contributed by atoms with Gasteiger partial charge in [-0.25, -0.2) is 9.18 Å². The van der Waals surface area contributed by atoms with Gasteiger partial charge in [-0.15, -0.1) is 0 Å². The fourth-order valence-electron chi connectivity index (χ4n) is 3.32. The summed E-state index contributed by atoms with van der Waals surface area (Å²) in [5.74, 6) is 0.897. The van der Waals surface area contributed by atoms with Crippen LogP contribution in [0.2, 0.25) is 5.02 Å². The van der Waals surface area contributed by atoms with E-state index in [1.165, 1.54) is 18.2 Å². The van der Waals surface area contributed by atoms with Crippen LogP contribution in [0, 0.1) is 5.82 Å².